The summed E-state index contributed by atoms with van der Waals surface area (Å²) in [4.78, 5) is 2.27. The van der Waals surface area contributed by atoms with Crippen LogP contribution in [0.5, 0.6) is 0 Å². The van der Waals surface area contributed by atoms with Crippen LogP contribution in [0.4, 0.5) is 0 Å². The SMILES string of the molecule is CCC(C)CN(CC)C(CC)C(N)=NO. The van der Waals surface area contributed by atoms with Gasteiger partial charge >= 0.3 is 0 Å². The molecule has 0 rings (SSSR count). The molecule has 0 aliphatic carbocycles. The van der Waals surface area contributed by atoms with Crippen LogP contribution in [0.3, 0.4) is 0 Å². The Morgan fingerprint density at radius 3 is 2.27 bits per heavy atom. The summed E-state index contributed by atoms with van der Waals surface area (Å²) in [5, 5.41) is 11.8. The van der Waals surface area contributed by atoms with Crippen LogP contribution >= 0.6 is 0 Å². The van der Waals surface area contributed by atoms with Crippen molar-refractivity contribution < 1.29 is 5.21 Å². The molecule has 3 N–H and O–H groups in total. The summed E-state index contributed by atoms with van der Waals surface area (Å²) >= 11 is 0. The Labute approximate surface area is 93.1 Å². The van der Waals surface area contributed by atoms with Gasteiger partial charge in [0.1, 0.15) is 0 Å². The molecule has 0 fully saturated rings. The molecule has 0 radical (unpaired) electrons. The number of hydrogen-bond acceptors (Lipinski definition) is 3. The second-order valence-corrected chi connectivity index (χ2v) is 4.05. The molecule has 0 saturated heterocycles. The number of likely N-dealkylation sites (N-methyl/N-ethyl adjacent to an activating group) is 1. The van der Waals surface area contributed by atoms with Crippen molar-refractivity contribution in [2.75, 3.05) is 13.1 Å². The van der Waals surface area contributed by atoms with E-state index in [4.69, 9.17) is 10.9 Å². The number of nitrogens with zero attached hydrogens (tertiary/aromatic N) is 2. The fourth-order valence-corrected chi connectivity index (χ4v) is 1.73. The number of amidine groups is 1. The molecule has 0 aliphatic heterocycles. The molecule has 0 aromatic carbocycles. The average molecular weight is 215 g/mol. The van der Waals surface area contributed by atoms with Gasteiger partial charge in [-0.1, -0.05) is 39.3 Å². The third-order valence-corrected chi connectivity index (χ3v) is 2.93. The Kier molecular flexibility index (Phi) is 7.13. The highest BCUT2D eigenvalue weighted by Gasteiger charge is 2.20. The zero-order valence-corrected chi connectivity index (χ0v) is 10.4. The summed E-state index contributed by atoms with van der Waals surface area (Å²) in [7, 11) is 0. The van der Waals surface area contributed by atoms with Gasteiger partial charge < -0.3 is 10.9 Å². The molecular formula is C11H25N3O. The van der Waals surface area contributed by atoms with Gasteiger partial charge in [0.25, 0.3) is 0 Å². The minimum absolute atomic E-state index is 0.0639. The summed E-state index contributed by atoms with van der Waals surface area (Å²) in [6, 6.07) is 0.0639. The normalized spacial score (nSPS) is 16.7. The standard InChI is InChI=1S/C11H25N3O/c1-5-9(4)8-14(7-3)10(6-2)11(12)13-15/h9-10,15H,5-8H2,1-4H3,(H2,12,13). The summed E-state index contributed by atoms with van der Waals surface area (Å²) in [6.07, 6.45) is 2.03. The summed E-state index contributed by atoms with van der Waals surface area (Å²) in [6.45, 7) is 10.5. The Bertz CT molecular complexity index is 194. The van der Waals surface area contributed by atoms with Gasteiger partial charge in [-0.2, -0.15) is 0 Å². The molecule has 0 bridgehead atoms. The first kappa shape index (κ1) is 14.2. The molecule has 0 aromatic heterocycles. The van der Waals surface area contributed by atoms with Crippen molar-refractivity contribution >= 4 is 5.84 Å². The quantitative estimate of drug-likeness (QED) is 0.295. The van der Waals surface area contributed by atoms with Gasteiger partial charge in [0, 0.05) is 6.54 Å². The topological polar surface area (TPSA) is 61.8 Å². The zero-order valence-electron chi connectivity index (χ0n) is 10.4. The highest BCUT2D eigenvalue weighted by molar-refractivity contribution is 5.85. The van der Waals surface area contributed by atoms with Crippen LogP contribution in [-0.4, -0.2) is 35.1 Å². The van der Waals surface area contributed by atoms with Gasteiger partial charge in [-0.25, -0.2) is 0 Å². The third kappa shape index (κ3) is 4.51. The van der Waals surface area contributed by atoms with Crippen LogP contribution in [0.1, 0.15) is 40.5 Å². The summed E-state index contributed by atoms with van der Waals surface area (Å²) < 4.78 is 0. The molecule has 0 saturated carbocycles. The molecular weight excluding hydrogens is 190 g/mol. The van der Waals surface area contributed by atoms with E-state index in [1.807, 2.05) is 0 Å². The van der Waals surface area contributed by atoms with Crippen LogP contribution in [-0.2, 0) is 0 Å². The predicted molar refractivity (Wildman–Crippen MR) is 64.2 cm³/mol. The van der Waals surface area contributed by atoms with E-state index in [9.17, 15) is 0 Å². The molecule has 0 aliphatic rings. The third-order valence-electron chi connectivity index (χ3n) is 2.93. The Hall–Kier alpha value is -0.770. The highest BCUT2D eigenvalue weighted by atomic mass is 16.4. The maximum atomic E-state index is 8.71. The summed E-state index contributed by atoms with van der Waals surface area (Å²) in [5.74, 6) is 0.966. The first-order chi connectivity index (χ1) is 7.10. The lowest BCUT2D eigenvalue weighted by Gasteiger charge is -2.30. The Balaban J connectivity index is 4.47. The lowest BCUT2D eigenvalue weighted by atomic mass is 10.1. The maximum Gasteiger partial charge on any atom is 0.156 e. The van der Waals surface area contributed by atoms with Crippen molar-refractivity contribution in [1.82, 2.24) is 4.90 Å². The van der Waals surface area contributed by atoms with Gasteiger partial charge in [0.2, 0.25) is 0 Å². The minimum Gasteiger partial charge on any atom is -0.409 e. The number of rotatable bonds is 7. The predicted octanol–water partition coefficient (Wildman–Crippen LogP) is 1.88. The van der Waals surface area contributed by atoms with Crippen LogP contribution in [0, 0.1) is 5.92 Å². The number of hydrogen-bond donors (Lipinski definition) is 2. The first-order valence-corrected chi connectivity index (χ1v) is 5.82. The molecule has 2 unspecified atom stereocenters. The van der Waals surface area contributed by atoms with Crippen molar-refractivity contribution in [2.45, 2.75) is 46.6 Å². The van der Waals surface area contributed by atoms with E-state index in [0.717, 1.165) is 25.9 Å². The first-order valence-electron chi connectivity index (χ1n) is 5.82. The van der Waals surface area contributed by atoms with E-state index >= 15 is 0 Å². The van der Waals surface area contributed by atoms with E-state index in [1.165, 1.54) is 0 Å². The molecule has 4 nitrogen and oxygen atoms in total. The molecule has 0 amide bonds. The van der Waals surface area contributed by atoms with Gasteiger partial charge in [-0.3, -0.25) is 4.90 Å². The fourth-order valence-electron chi connectivity index (χ4n) is 1.73. The summed E-state index contributed by atoms with van der Waals surface area (Å²) in [5.41, 5.74) is 5.68. The van der Waals surface area contributed by atoms with E-state index in [1.54, 1.807) is 0 Å². The van der Waals surface area contributed by atoms with Crippen LogP contribution in [0.2, 0.25) is 0 Å². The fraction of sp³-hybridized carbons (Fsp3) is 0.909. The number of nitrogens with two attached hydrogens (primary N) is 1. The Morgan fingerprint density at radius 2 is 1.93 bits per heavy atom. The van der Waals surface area contributed by atoms with E-state index in [2.05, 4.69) is 37.8 Å². The van der Waals surface area contributed by atoms with Gasteiger partial charge in [-0.15, -0.1) is 0 Å². The second-order valence-electron chi connectivity index (χ2n) is 4.05. The van der Waals surface area contributed by atoms with Crippen molar-refractivity contribution in [3.8, 4) is 0 Å². The largest absolute Gasteiger partial charge is 0.409 e. The molecule has 2 atom stereocenters. The molecule has 0 heterocycles. The lowest BCUT2D eigenvalue weighted by molar-refractivity contribution is 0.207. The van der Waals surface area contributed by atoms with Crippen LogP contribution < -0.4 is 5.73 Å². The Morgan fingerprint density at radius 1 is 1.33 bits per heavy atom. The van der Waals surface area contributed by atoms with Crippen LogP contribution in [0.15, 0.2) is 5.16 Å². The van der Waals surface area contributed by atoms with Crippen molar-refractivity contribution in [3.05, 3.63) is 0 Å². The van der Waals surface area contributed by atoms with Crippen LogP contribution in [0.25, 0.3) is 0 Å². The van der Waals surface area contributed by atoms with E-state index in [-0.39, 0.29) is 6.04 Å². The van der Waals surface area contributed by atoms with Crippen molar-refractivity contribution in [1.29, 1.82) is 0 Å². The average Bonchev–Trinajstić information content (AvgIpc) is 2.27. The molecule has 90 valence electrons. The minimum atomic E-state index is 0.0639. The smallest absolute Gasteiger partial charge is 0.156 e. The van der Waals surface area contributed by atoms with Gasteiger partial charge in [-0.05, 0) is 18.9 Å². The molecule has 4 heteroatoms. The molecule has 15 heavy (non-hydrogen) atoms. The van der Waals surface area contributed by atoms with Crippen molar-refractivity contribution in [2.24, 2.45) is 16.8 Å². The zero-order chi connectivity index (χ0) is 11.8. The monoisotopic (exact) mass is 215 g/mol. The van der Waals surface area contributed by atoms with Gasteiger partial charge in [0.15, 0.2) is 5.84 Å². The lowest BCUT2D eigenvalue weighted by Crippen LogP contribution is -2.46. The van der Waals surface area contributed by atoms with Gasteiger partial charge in [0.05, 0.1) is 6.04 Å². The van der Waals surface area contributed by atoms with E-state index in [0.29, 0.717) is 11.8 Å². The number of oxime groups is 1. The molecule has 0 aromatic rings. The molecule has 0 spiro atoms. The van der Waals surface area contributed by atoms with Crippen molar-refractivity contribution in [3.63, 3.8) is 0 Å². The second kappa shape index (κ2) is 7.51. The maximum absolute atomic E-state index is 8.71. The van der Waals surface area contributed by atoms with E-state index < -0.39 is 0 Å². The highest BCUT2D eigenvalue weighted by Crippen LogP contribution is 2.10.